The van der Waals surface area contributed by atoms with Crippen LogP contribution in [0.5, 0.6) is 0 Å². The Hall–Kier alpha value is -2.62. The predicted octanol–water partition coefficient (Wildman–Crippen LogP) is 4.66. The summed E-state index contributed by atoms with van der Waals surface area (Å²) in [5, 5.41) is 4.20. The third-order valence-electron chi connectivity index (χ3n) is 4.32. The van der Waals surface area contributed by atoms with Crippen LogP contribution in [0.4, 0.5) is 5.69 Å². The number of hydrogen-bond acceptors (Lipinski definition) is 5. The van der Waals surface area contributed by atoms with Gasteiger partial charge in [-0.1, -0.05) is 35.9 Å². The van der Waals surface area contributed by atoms with Crippen molar-refractivity contribution in [1.82, 2.24) is 5.43 Å². The fraction of sp³-hybridized carbons (Fsp3) is 0.143. The van der Waals surface area contributed by atoms with E-state index in [2.05, 4.69) is 26.5 Å². The molecule has 0 saturated carbocycles. The summed E-state index contributed by atoms with van der Waals surface area (Å²) in [4.78, 5) is 12.6. The van der Waals surface area contributed by atoms with Gasteiger partial charge in [0.05, 0.1) is 21.3 Å². The number of amides is 1. The number of hydrazone groups is 1. The molecule has 0 saturated heterocycles. The number of rotatable bonds is 7. The van der Waals surface area contributed by atoms with Gasteiger partial charge in [0.15, 0.2) is 0 Å². The van der Waals surface area contributed by atoms with Crippen LogP contribution < -0.4 is 9.73 Å². The number of furan rings is 1. The number of hydrogen-bond donors (Lipinski definition) is 1. The summed E-state index contributed by atoms with van der Waals surface area (Å²) in [6.07, 6.45) is 1.33. The number of nitrogens with one attached hydrogen (secondary N) is 1. The van der Waals surface area contributed by atoms with Crippen LogP contribution in [-0.2, 0) is 14.8 Å². The van der Waals surface area contributed by atoms with Crippen molar-refractivity contribution in [2.45, 2.75) is 18.7 Å². The average molecular weight is 525 g/mol. The van der Waals surface area contributed by atoms with Gasteiger partial charge >= 0.3 is 0 Å². The lowest BCUT2D eigenvalue weighted by Gasteiger charge is -2.25. The molecule has 0 bridgehead atoms. The Morgan fingerprint density at radius 2 is 1.90 bits per heavy atom. The first-order valence-electron chi connectivity index (χ1n) is 9.10. The molecule has 1 amide bonds. The molecule has 1 heterocycles. The van der Waals surface area contributed by atoms with Crippen molar-refractivity contribution in [3.8, 4) is 0 Å². The van der Waals surface area contributed by atoms with Crippen LogP contribution in [0.15, 0.2) is 73.5 Å². The van der Waals surface area contributed by atoms with Crippen molar-refractivity contribution < 1.29 is 17.6 Å². The van der Waals surface area contributed by atoms with Gasteiger partial charge in [-0.05, 0) is 59.6 Å². The third-order valence-corrected chi connectivity index (χ3v) is 7.11. The lowest BCUT2D eigenvalue weighted by Crippen LogP contribution is -2.40. The summed E-state index contributed by atoms with van der Waals surface area (Å²) in [6.45, 7) is 3.03. The van der Waals surface area contributed by atoms with Crippen molar-refractivity contribution in [1.29, 1.82) is 0 Å². The van der Waals surface area contributed by atoms with Crippen molar-refractivity contribution in [2.24, 2.45) is 5.10 Å². The summed E-state index contributed by atoms with van der Waals surface area (Å²) in [5.41, 5.74) is 3.29. The number of carbonyl (C=O) groups is 1. The van der Waals surface area contributed by atoms with Gasteiger partial charge in [-0.3, -0.25) is 9.10 Å². The molecule has 3 aromatic rings. The van der Waals surface area contributed by atoms with E-state index in [-0.39, 0.29) is 4.90 Å². The minimum Gasteiger partial charge on any atom is -0.459 e. The van der Waals surface area contributed by atoms with Crippen LogP contribution in [0.25, 0.3) is 0 Å². The zero-order valence-corrected chi connectivity index (χ0v) is 19.8. The molecular weight excluding hydrogens is 506 g/mol. The highest BCUT2D eigenvalue weighted by atomic mass is 79.9. The molecule has 0 fully saturated rings. The lowest BCUT2D eigenvalue weighted by molar-refractivity contribution is -0.119. The van der Waals surface area contributed by atoms with Crippen LogP contribution in [0.2, 0.25) is 5.02 Å². The van der Waals surface area contributed by atoms with Gasteiger partial charge in [0.2, 0.25) is 0 Å². The number of sulfonamides is 1. The standard InChI is InChI=1S/C21H19BrClN3O4S/c1-14-8-9-16(23)10-20(14)26(31(28,29)18-6-4-3-5-7-18)13-21(27)25-24-12-17-11-19(22)15(2)30-17/h3-12H,13H2,1-2H3,(H,25,27)/b24-12+. The van der Waals surface area contributed by atoms with Gasteiger partial charge in [-0.15, -0.1) is 0 Å². The summed E-state index contributed by atoms with van der Waals surface area (Å²) >= 11 is 9.43. The van der Waals surface area contributed by atoms with Gasteiger partial charge in [0.1, 0.15) is 18.1 Å². The Morgan fingerprint density at radius 3 is 2.55 bits per heavy atom. The van der Waals surface area contributed by atoms with Gasteiger partial charge < -0.3 is 4.42 Å². The van der Waals surface area contributed by atoms with E-state index in [1.165, 1.54) is 24.4 Å². The predicted molar refractivity (Wildman–Crippen MR) is 124 cm³/mol. The van der Waals surface area contributed by atoms with Gasteiger partial charge in [-0.25, -0.2) is 13.8 Å². The molecule has 0 aliphatic carbocycles. The smallest absolute Gasteiger partial charge is 0.264 e. The monoisotopic (exact) mass is 523 g/mol. The molecule has 0 radical (unpaired) electrons. The first-order chi connectivity index (χ1) is 14.7. The van der Waals surface area contributed by atoms with Crippen molar-refractivity contribution >= 4 is 55.4 Å². The number of benzene rings is 2. The molecule has 3 rings (SSSR count). The van der Waals surface area contributed by atoms with E-state index < -0.39 is 22.5 Å². The maximum atomic E-state index is 13.3. The van der Waals surface area contributed by atoms with E-state index >= 15 is 0 Å². The molecule has 0 atom stereocenters. The first kappa shape index (κ1) is 23.1. The number of carbonyl (C=O) groups excluding carboxylic acids is 1. The third kappa shape index (κ3) is 5.55. The number of aryl methyl sites for hydroxylation is 2. The number of nitrogens with zero attached hydrogens (tertiary/aromatic N) is 2. The van der Waals surface area contributed by atoms with Crippen LogP contribution in [0, 0.1) is 13.8 Å². The van der Waals surface area contributed by atoms with Crippen LogP contribution in [0.1, 0.15) is 17.1 Å². The molecule has 162 valence electrons. The minimum absolute atomic E-state index is 0.0570. The minimum atomic E-state index is -4.03. The number of halogens is 2. The van der Waals surface area contributed by atoms with E-state index in [1.807, 2.05) is 0 Å². The van der Waals surface area contributed by atoms with E-state index in [9.17, 15) is 13.2 Å². The van der Waals surface area contributed by atoms with E-state index in [1.54, 1.807) is 50.2 Å². The topological polar surface area (TPSA) is 92.0 Å². The average Bonchev–Trinajstić information content (AvgIpc) is 3.06. The molecule has 1 aromatic heterocycles. The summed E-state index contributed by atoms with van der Waals surface area (Å²) in [7, 11) is -4.03. The fourth-order valence-corrected chi connectivity index (χ4v) is 4.72. The largest absolute Gasteiger partial charge is 0.459 e. The van der Waals surface area contributed by atoms with Crippen LogP contribution >= 0.6 is 27.5 Å². The first-order valence-corrected chi connectivity index (χ1v) is 11.7. The SMILES string of the molecule is Cc1ccc(Cl)cc1N(CC(=O)N/N=C/c1cc(Br)c(C)o1)S(=O)(=O)c1ccccc1. The summed E-state index contributed by atoms with van der Waals surface area (Å²) < 4.78 is 33.8. The lowest BCUT2D eigenvalue weighted by atomic mass is 10.2. The maximum absolute atomic E-state index is 13.3. The van der Waals surface area contributed by atoms with Crippen molar-refractivity contribution in [2.75, 3.05) is 10.8 Å². The fourth-order valence-electron chi connectivity index (χ4n) is 2.75. The highest BCUT2D eigenvalue weighted by molar-refractivity contribution is 9.10. The molecule has 2 aromatic carbocycles. The molecule has 0 aliphatic heterocycles. The zero-order chi connectivity index (χ0) is 22.6. The Morgan fingerprint density at radius 1 is 1.19 bits per heavy atom. The second-order valence-corrected chi connectivity index (χ2v) is 9.75. The molecule has 0 spiro atoms. The maximum Gasteiger partial charge on any atom is 0.264 e. The van der Waals surface area contributed by atoms with E-state index in [4.69, 9.17) is 16.0 Å². The summed E-state index contributed by atoms with van der Waals surface area (Å²) in [6, 6.07) is 14.4. The molecule has 7 nitrogen and oxygen atoms in total. The molecule has 10 heteroatoms. The Kier molecular flexibility index (Phi) is 7.19. The second-order valence-electron chi connectivity index (χ2n) is 6.60. The van der Waals surface area contributed by atoms with Crippen LogP contribution in [-0.4, -0.2) is 27.1 Å². The van der Waals surface area contributed by atoms with Crippen molar-refractivity contribution in [3.63, 3.8) is 0 Å². The van der Waals surface area contributed by atoms with Crippen molar-refractivity contribution in [3.05, 3.63) is 81.2 Å². The molecule has 31 heavy (non-hydrogen) atoms. The zero-order valence-electron chi connectivity index (χ0n) is 16.7. The number of anilines is 1. The summed E-state index contributed by atoms with van der Waals surface area (Å²) in [5.74, 6) is 0.478. The van der Waals surface area contributed by atoms with Gasteiger partial charge in [0.25, 0.3) is 15.9 Å². The molecule has 0 aliphatic rings. The highest BCUT2D eigenvalue weighted by Gasteiger charge is 2.28. The molecule has 1 N–H and O–H groups in total. The van der Waals surface area contributed by atoms with Gasteiger partial charge in [0, 0.05) is 11.1 Å². The second kappa shape index (κ2) is 9.67. The van der Waals surface area contributed by atoms with E-state index in [0.717, 1.165) is 8.78 Å². The Bertz CT molecular complexity index is 1210. The molecule has 0 unspecified atom stereocenters. The molecular formula is C21H19BrClN3O4S. The Labute approximate surface area is 193 Å². The Balaban J connectivity index is 1.88. The van der Waals surface area contributed by atoms with E-state index in [0.29, 0.717) is 27.8 Å². The van der Waals surface area contributed by atoms with Crippen LogP contribution in [0.3, 0.4) is 0 Å². The quantitative estimate of drug-likeness (QED) is 0.359. The normalized spacial score (nSPS) is 11.6. The van der Waals surface area contributed by atoms with Gasteiger partial charge in [-0.2, -0.15) is 5.10 Å². The highest BCUT2D eigenvalue weighted by Crippen LogP contribution is 2.29.